The minimum atomic E-state index is 0.0274. The molecule has 2 aromatic rings. The molecule has 5 nitrogen and oxygen atoms in total. The van der Waals surface area contributed by atoms with Crippen molar-refractivity contribution in [2.45, 2.75) is 13.3 Å². The number of nitrogens with zero attached hydrogens (tertiary/aromatic N) is 2. The van der Waals surface area contributed by atoms with Gasteiger partial charge in [0, 0.05) is 49.4 Å². The Labute approximate surface area is 176 Å². The van der Waals surface area contributed by atoms with Gasteiger partial charge in [0.25, 0.3) is 0 Å². The van der Waals surface area contributed by atoms with Crippen LogP contribution in [0.3, 0.4) is 0 Å². The van der Waals surface area contributed by atoms with Gasteiger partial charge in [-0.2, -0.15) is 0 Å². The van der Waals surface area contributed by atoms with Crippen LogP contribution in [0.2, 0.25) is 5.02 Å². The predicted octanol–water partition coefficient (Wildman–Crippen LogP) is 4.17. The van der Waals surface area contributed by atoms with Gasteiger partial charge < -0.3 is 19.3 Å². The predicted molar refractivity (Wildman–Crippen MR) is 116 cm³/mol. The number of halogens is 1. The van der Waals surface area contributed by atoms with Crippen molar-refractivity contribution in [1.82, 2.24) is 4.90 Å². The van der Waals surface area contributed by atoms with Crippen molar-refractivity contribution in [2.24, 2.45) is 0 Å². The summed E-state index contributed by atoms with van der Waals surface area (Å²) in [5, 5.41) is 0.738. The number of fused-ring (bicyclic) bond motifs is 1. The molecule has 1 fully saturated rings. The molecular formula is C23H25ClN2O3. The fourth-order valence-corrected chi connectivity index (χ4v) is 3.81. The molecular weight excluding hydrogens is 388 g/mol. The summed E-state index contributed by atoms with van der Waals surface area (Å²) in [6, 6.07) is 11.7. The number of ether oxygens (including phenoxy) is 2. The Kier molecular flexibility index (Phi) is 5.95. The number of hydrogen-bond acceptors (Lipinski definition) is 4. The van der Waals surface area contributed by atoms with Crippen molar-refractivity contribution < 1.29 is 14.3 Å². The van der Waals surface area contributed by atoms with Crippen LogP contribution in [0.5, 0.6) is 11.5 Å². The number of hydrogen-bond donors (Lipinski definition) is 0. The van der Waals surface area contributed by atoms with Crippen LogP contribution >= 0.6 is 11.6 Å². The maximum absolute atomic E-state index is 12.6. The van der Waals surface area contributed by atoms with E-state index in [1.54, 1.807) is 6.08 Å². The molecule has 29 heavy (non-hydrogen) atoms. The maximum atomic E-state index is 12.6. The van der Waals surface area contributed by atoms with E-state index < -0.39 is 0 Å². The Morgan fingerprint density at radius 2 is 1.76 bits per heavy atom. The molecule has 0 radical (unpaired) electrons. The largest absolute Gasteiger partial charge is 0.490 e. The molecule has 152 valence electrons. The molecule has 4 rings (SSSR count). The fraction of sp³-hybridized carbons (Fsp3) is 0.348. The molecule has 2 heterocycles. The minimum Gasteiger partial charge on any atom is -0.490 e. The molecule has 0 atom stereocenters. The molecule has 0 unspecified atom stereocenters. The van der Waals surface area contributed by atoms with Crippen LogP contribution in [0.15, 0.2) is 42.5 Å². The zero-order valence-electron chi connectivity index (χ0n) is 16.6. The van der Waals surface area contributed by atoms with Gasteiger partial charge in [-0.25, -0.2) is 0 Å². The van der Waals surface area contributed by atoms with E-state index in [0.29, 0.717) is 26.3 Å². The lowest BCUT2D eigenvalue weighted by Crippen LogP contribution is -2.48. The minimum absolute atomic E-state index is 0.0274. The summed E-state index contributed by atoms with van der Waals surface area (Å²) >= 11 is 6.15. The molecule has 0 saturated carbocycles. The first-order valence-electron chi connectivity index (χ1n) is 9.98. The lowest BCUT2D eigenvalue weighted by atomic mass is 10.1. The fourth-order valence-electron chi connectivity index (χ4n) is 3.65. The van der Waals surface area contributed by atoms with Gasteiger partial charge in [-0.1, -0.05) is 23.7 Å². The monoisotopic (exact) mass is 412 g/mol. The highest BCUT2D eigenvalue weighted by Gasteiger charge is 2.21. The summed E-state index contributed by atoms with van der Waals surface area (Å²) in [5.74, 6) is 1.53. The van der Waals surface area contributed by atoms with E-state index >= 15 is 0 Å². The Morgan fingerprint density at radius 3 is 2.55 bits per heavy atom. The second kappa shape index (κ2) is 8.78. The third-order valence-corrected chi connectivity index (χ3v) is 5.53. The molecule has 2 aromatic carbocycles. The van der Waals surface area contributed by atoms with Gasteiger partial charge >= 0.3 is 0 Å². The first kappa shape index (κ1) is 19.6. The van der Waals surface area contributed by atoms with E-state index in [0.717, 1.165) is 47.3 Å². The summed E-state index contributed by atoms with van der Waals surface area (Å²) in [4.78, 5) is 16.8. The molecule has 1 saturated heterocycles. The van der Waals surface area contributed by atoms with Crippen LogP contribution in [0.25, 0.3) is 6.08 Å². The van der Waals surface area contributed by atoms with Crippen molar-refractivity contribution in [3.05, 3.63) is 58.6 Å². The van der Waals surface area contributed by atoms with E-state index in [4.69, 9.17) is 21.1 Å². The van der Waals surface area contributed by atoms with Crippen molar-refractivity contribution in [2.75, 3.05) is 44.3 Å². The second-order valence-electron chi connectivity index (χ2n) is 7.33. The number of rotatable bonds is 3. The van der Waals surface area contributed by atoms with E-state index in [9.17, 15) is 4.79 Å². The highest BCUT2D eigenvalue weighted by molar-refractivity contribution is 6.30. The molecule has 2 aliphatic rings. The molecule has 0 N–H and O–H groups in total. The topological polar surface area (TPSA) is 42.0 Å². The number of carbonyl (C=O) groups excluding carboxylic acids is 1. The average Bonchev–Trinajstić information content (AvgIpc) is 2.99. The number of benzene rings is 2. The Morgan fingerprint density at radius 1 is 1.00 bits per heavy atom. The zero-order chi connectivity index (χ0) is 20.2. The SMILES string of the molecule is Cc1ccc(Cl)cc1N1CCN(C(=O)/C=C/c2ccc3c(c2)OCCCO3)CC1. The van der Waals surface area contributed by atoms with Crippen molar-refractivity contribution in [3.8, 4) is 11.5 Å². The van der Waals surface area contributed by atoms with Crippen molar-refractivity contribution >= 4 is 29.3 Å². The van der Waals surface area contributed by atoms with E-state index in [2.05, 4.69) is 11.8 Å². The average molecular weight is 413 g/mol. The summed E-state index contributed by atoms with van der Waals surface area (Å²) < 4.78 is 11.4. The van der Waals surface area contributed by atoms with Gasteiger partial charge in [0.2, 0.25) is 5.91 Å². The molecule has 0 spiro atoms. The Bertz CT molecular complexity index is 920. The van der Waals surface area contributed by atoms with Crippen molar-refractivity contribution in [3.63, 3.8) is 0 Å². The summed E-state index contributed by atoms with van der Waals surface area (Å²) in [7, 11) is 0. The van der Waals surface area contributed by atoms with Gasteiger partial charge in [0.1, 0.15) is 0 Å². The van der Waals surface area contributed by atoms with Crippen LogP contribution in [0, 0.1) is 6.92 Å². The standard InChI is InChI=1S/C23H25ClN2O3/c1-17-3-6-19(24)16-20(17)25-9-11-26(12-10-25)23(27)8-5-18-4-7-21-22(15-18)29-14-2-13-28-21/h3-8,15-16H,2,9-14H2,1H3/b8-5+. The van der Waals surface area contributed by atoms with Crippen molar-refractivity contribution in [1.29, 1.82) is 0 Å². The zero-order valence-corrected chi connectivity index (χ0v) is 17.3. The summed E-state index contributed by atoms with van der Waals surface area (Å²) in [6.07, 6.45) is 4.35. The first-order valence-corrected chi connectivity index (χ1v) is 10.4. The molecule has 6 heteroatoms. The van der Waals surface area contributed by atoms with Gasteiger partial charge in [-0.05, 0) is 48.4 Å². The van der Waals surface area contributed by atoms with Gasteiger partial charge in [0.15, 0.2) is 11.5 Å². The summed E-state index contributed by atoms with van der Waals surface area (Å²) in [5.41, 5.74) is 3.27. The van der Waals surface area contributed by atoms with Gasteiger partial charge in [-0.15, -0.1) is 0 Å². The van der Waals surface area contributed by atoms with E-state index in [-0.39, 0.29) is 5.91 Å². The van der Waals surface area contributed by atoms with Crippen LogP contribution in [0.1, 0.15) is 17.5 Å². The molecule has 2 aliphatic heterocycles. The van der Waals surface area contributed by atoms with Crippen LogP contribution in [0.4, 0.5) is 5.69 Å². The lowest BCUT2D eigenvalue weighted by molar-refractivity contribution is -0.126. The van der Waals surface area contributed by atoms with Gasteiger partial charge in [-0.3, -0.25) is 4.79 Å². The van der Waals surface area contributed by atoms with Crippen LogP contribution < -0.4 is 14.4 Å². The molecule has 1 amide bonds. The van der Waals surface area contributed by atoms with E-state index in [1.807, 2.05) is 47.4 Å². The quantitative estimate of drug-likeness (QED) is 0.709. The second-order valence-corrected chi connectivity index (χ2v) is 7.77. The molecule has 0 aliphatic carbocycles. The number of piperazine rings is 1. The molecule has 0 bridgehead atoms. The number of amides is 1. The Balaban J connectivity index is 1.36. The highest BCUT2D eigenvalue weighted by atomic mass is 35.5. The third kappa shape index (κ3) is 4.67. The third-order valence-electron chi connectivity index (χ3n) is 5.29. The van der Waals surface area contributed by atoms with Crippen LogP contribution in [-0.2, 0) is 4.79 Å². The normalized spacial score (nSPS) is 16.8. The smallest absolute Gasteiger partial charge is 0.246 e. The molecule has 0 aromatic heterocycles. The Hall–Kier alpha value is -2.66. The number of anilines is 1. The summed E-state index contributed by atoms with van der Waals surface area (Å²) in [6.45, 7) is 6.38. The number of aryl methyl sites for hydroxylation is 1. The number of carbonyl (C=O) groups is 1. The van der Waals surface area contributed by atoms with Crippen LogP contribution in [-0.4, -0.2) is 50.2 Å². The van der Waals surface area contributed by atoms with Gasteiger partial charge in [0.05, 0.1) is 13.2 Å². The first-order chi connectivity index (χ1) is 14.1. The lowest BCUT2D eigenvalue weighted by Gasteiger charge is -2.36. The van der Waals surface area contributed by atoms with E-state index in [1.165, 1.54) is 5.56 Å². The maximum Gasteiger partial charge on any atom is 0.246 e. The highest BCUT2D eigenvalue weighted by Crippen LogP contribution is 2.31.